The van der Waals surface area contributed by atoms with Gasteiger partial charge in [0, 0.05) is 12.3 Å². The van der Waals surface area contributed by atoms with Crippen LogP contribution in [0.1, 0.15) is 39.0 Å². The number of hydrogen-bond donors (Lipinski definition) is 1. The molecule has 2 aliphatic heterocycles. The molecule has 2 saturated heterocycles. The van der Waals surface area contributed by atoms with Crippen LogP contribution in [0.15, 0.2) is 0 Å². The van der Waals surface area contributed by atoms with Crippen molar-refractivity contribution in [1.82, 2.24) is 0 Å². The van der Waals surface area contributed by atoms with Crippen LogP contribution in [0.4, 0.5) is 0 Å². The van der Waals surface area contributed by atoms with Gasteiger partial charge in [-0.15, -0.1) is 0 Å². The summed E-state index contributed by atoms with van der Waals surface area (Å²) in [7, 11) is 0. The lowest BCUT2D eigenvalue weighted by molar-refractivity contribution is -0.958. The number of aliphatic hydroxyl groups excluding tert-OH is 1. The standard InChI is InChI=1S/C14H26NO3/c1-2-18-14(17)10-15-8-4-3-7-13(15)12(11-16)6-5-9-15/h12-13,16H,2-11H2,1H3/q+1/t12-,13-,15?/m0/s1. The SMILES string of the molecule is CCOC(=O)C[N+]12CCCC[C@H]1[C@H](CO)CCC2. The number of hydrogen-bond acceptors (Lipinski definition) is 3. The van der Waals surface area contributed by atoms with Crippen molar-refractivity contribution < 1.29 is 19.1 Å². The van der Waals surface area contributed by atoms with Crippen molar-refractivity contribution in [2.75, 3.05) is 32.8 Å². The maximum atomic E-state index is 11.9. The summed E-state index contributed by atoms with van der Waals surface area (Å²) in [6.07, 6.45) is 5.84. The van der Waals surface area contributed by atoms with E-state index in [2.05, 4.69) is 0 Å². The third-order valence-corrected chi connectivity index (χ3v) is 4.76. The van der Waals surface area contributed by atoms with Crippen LogP contribution in [0.5, 0.6) is 0 Å². The molecule has 2 heterocycles. The zero-order valence-corrected chi connectivity index (χ0v) is 11.4. The summed E-state index contributed by atoms with van der Waals surface area (Å²) in [6, 6.07) is 0.474. The molecular weight excluding hydrogens is 230 g/mol. The first kappa shape index (κ1) is 13.8. The van der Waals surface area contributed by atoms with Crippen LogP contribution < -0.4 is 0 Å². The van der Waals surface area contributed by atoms with Gasteiger partial charge in [-0.05, 0) is 32.6 Å². The van der Waals surface area contributed by atoms with Crippen molar-refractivity contribution in [1.29, 1.82) is 0 Å². The molecule has 104 valence electrons. The molecular formula is C14H26NO3+. The monoisotopic (exact) mass is 256 g/mol. The predicted molar refractivity (Wildman–Crippen MR) is 68.9 cm³/mol. The van der Waals surface area contributed by atoms with E-state index in [0.717, 1.165) is 36.8 Å². The lowest BCUT2D eigenvalue weighted by Crippen LogP contribution is -2.65. The molecule has 1 unspecified atom stereocenters. The van der Waals surface area contributed by atoms with Crippen LogP contribution in [0.3, 0.4) is 0 Å². The van der Waals surface area contributed by atoms with Gasteiger partial charge in [0.15, 0.2) is 6.54 Å². The molecule has 3 atom stereocenters. The fourth-order valence-electron chi connectivity index (χ4n) is 3.99. The van der Waals surface area contributed by atoms with E-state index in [1.165, 1.54) is 12.8 Å². The summed E-state index contributed by atoms with van der Waals surface area (Å²) in [5.74, 6) is 0.316. The number of aliphatic hydroxyl groups is 1. The Kier molecular flexibility index (Phi) is 4.62. The topological polar surface area (TPSA) is 46.5 Å². The van der Waals surface area contributed by atoms with Gasteiger partial charge in [-0.2, -0.15) is 0 Å². The zero-order chi connectivity index (χ0) is 13.0. The second kappa shape index (κ2) is 6.02. The third kappa shape index (κ3) is 2.69. The number of carbonyl (C=O) groups excluding carboxylic acids is 1. The maximum absolute atomic E-state index is 11.9. The van der Waals surface area contributed by atoms with E-state index >= 15 is 0 Å². The van der Waals surface area contributed by atoms with E-state index < -0.39 is 0 Å². The quantitative estimate of drug-likeness (QED) is 0.609. The van der Waals surface area contributed by atoms with E-state index in [1.807, 2.05) is 6.92 Å². The molecule has 0 saturated carbocycles. The Morgan fingerprint density at radius 1 is 1.28 bits per heavy atom. The smallest absolute Gasteiger partial charge is 0.361 e. The van der Waals surface area contributed by atoms with Crippen LogP contribution in [0.2, 0.25) is 0 Å². The highest BCUT2D eigenvalue weighted by molar-refractivity contribution is 5.70. The fraction of sp³-hybridized carbons (Fsp3) is 0.929. The first-order valence-electron chi connectivity index (χ1n) is 7.34. The number of ether oxygens (including phenoxy) is 1. The van der Waals surface area contributed by atoms with E-state index in [4.69, 9.17) is 4.74 Å². The molecule has 0 aromatic rings. The lowest BCUT2D eigenvalue weighted by atomic mass is 9.81. The molecule has 2 aliphatic rings. The molecule has 4 heteroatoms. The van der Waals surface area contributed by atoms with E-state index in [9.17, 15) is 9.90 Å². The Morgan fingerprint density at radius 3 is 2.78 bits per heavy atom. The molecule has 4 nitrogen and oxygen atoms in total. The first-order valence-corrected chi connectivity index (χ1v) is 7.34. The van der Waals surface area contributed by atoms with Gasteiger partial charge < -0.3 is 14.3 Å². The summed E-state index contributed by atoms with van der Waals surface area (Å²) in [5.41, 5.74) is 0. The average Bonchev–Trinajstić information content (AvgIpc) is 2.37. The van der Waals surface area contributed by atoms with Gasteiger partial charge in [0.2, 0.25) is 0 Å². The van der Waals surface area contributed by atoms with Gasteiger partial charge in [0.1, 0.15) is 0 Å². The molecule has 0 aliphatic carbocycles. The molecule has 2 rings (SSSR count). The van der Waals surface area contributed by atoms with Gasteiger partial charge in [0.25, 0.3) is 0 Å². The van der Waals surface area contributed by atoms with E-state index in [0.29, 0.717) is 25.1 Å². The molecule has 0 radical (unpaired) electrons. The van der Waals surface area contributed by atoms with Crippen LogP contribution in [0, 0.1) is 5.92 Å². The molecule has 0 bridgehead atoms. The number of rotatable bonds is 4. The highest BCUT2D eigenvalue weighted by Gasteiger charge is 2.47. The van der Waals surface area contributed by atoms with Crippen LogP contribution in [-0.4, -0.2) is 54.4 Å². The van der Waals surface area contributed by atoms with Crippen molar-refractivity contribution in [2.45, 2.75) is 45.1 Å². The van der Waals surface area contributed by atoms with Gasteiger partial charge in [-0.3, -0.25) is 0 Å². The van der Waals surface area contributed by atoms with Gasteiger partial charge in [0.05, 0.1) is 32.3 Å². The third-order valence-electron chi connectivity index (χ3n) is 4.76. The Labute approximate surface area is 110 Å². The molecule has 18 heavy (non-hydrogen) atoms. The fourth-order valence-corrected chi connectivity index (χ4v) is 3.99. The van der Waals surface area contributed by atoms with Crippen molar-refractivity contribution in [3.63, 3.8) is 0 Å². The second-order valence-electron chi connectivity index (χ2n) is 5.78. The minimum Gasteiger partial charge on any atom is -0.462 e. The van der Waals surface area contributed by atoms with Crippen molar-refractivity contribution in [2.24, 2.45) is 5.92 Å². The van der Waals surface area contributed by atoms with Crippen LogP contribution in [0.25, 0.3) is 0 Å². The van der Waals surface area contributed by atoms with Crippen molar-refractivity contribution in [3.8, 4) is 0 Å². The average molecular weight is 256 g/mol. The molecule has 2 fully saturated rings. The first-order chi connectivity index (χ1) is 8.72. The minimum atomic E-state index is -0.0667. The number of quaternary nitrogens is 1. The molecule has 1 N–H and O–H groups in total. The molecule has 0 aromatic heterocycles. The zero-order valence-electron chi connectivity index (χ0n) is 11.4. The second-order valence-corrected chi connectivity index (χ2v) is 5.78. The predicted octanol–water partition coefficient (Wildman–Crippen LogP) is 1.32. The number of carbonyl (C=O) groups is 1. The highest BCUT2D eigenvalue weighted by atomic mass is 16.5. The Morgan fingerprint density at radius 2 is 2.06 bits per heavy atom. The normalized spacial score (nSPS) is 35.9. The van der Waals surface area contributed by atoms with Gasteiger partial charge >= 0.3 is 5.97 Å². The summed E-state index contributed by atoms with van der Waals surface area (Å²) in [6.45, 7) is 5.27. The van der Waals surface area contributed by atoms with E-state index in [1.54, 1.807) is 0 Å². The number of piperidine rings is 2. The van der Waals surface area contributed by atoms with E-state index in [-0.39, 0.29) is 12.6 Å². The summed E-state index contributed by atoms with van der Waals surface area (Å²) in [5, 5.41) is 9.56. The Bertz CT molecular complexity index is 291. The lowest BCUT2D eigenvalue weighted by Gasteiger charge is -2.52. The van der Waals surface area contributed by atoms with Crippen molar-refractivity contribution >= 4 is 5.97 Å². The van der Waals surface area contributed by atoms with Crippen molar-refractivity contribution in [3.05, 3.63) is 0 Å². The summed E-state index contributed by atoms with van der Waals surface area (Å²) < 4.78 is 6.02. The molecule has 0 amide bonds. The maximum Gasteiger partial charge on any atom is 0.361 e. The highest BCUT2D eigenvalue weighted by Crippen LogP contribution is 2.37. The largest absolute Gasteiger partial charge is 0.462 e. The Hall–Kier alpha value is -0.610. The molecule has 0 spiro atoms. The van der Waals surface area contributed by atoms with Gasteiger partial charge in [-0.25, -0.2) is 4.79 Å². The summed E-state index contributed by atoms with van der Waals surface area (Å²) in [4.78, 5) is 11.9. The minimum absolute atomic E-state index is 0.0667. The Balaban J connectivity index is 2.11. The molecule has 0 aromatic carbocycles. The van der Waals surface area contributed by atoms with Gasteiger partial charge in [-0.1, -0.05) is 0 Å². The van der Waals surface area contributed by atoms with Crippen LogP contribution >= 0.6 is 0 Å². The number of fused-ring (bicyclic) bond motifs is 1. The number of nitrogens with zero attached hydrogens (tertiary/aromatic N) is 1. The summed E-state index contributed by atoms with van der Waals surface area (Å²) >= 11 is 0. The van der Waals surface area contributed by atoms with Crippen LogP contribution in [-0.2, 0) is 9.53 Å². The number of esters is 1.